The Morgan fingerprint density at radius 3 is 2.57 bits per heavy atom. The topological polar surface area (TPSA) is 66.4 Å². The van der Waals surface area contributed by atoms with Crippen LogP contribution in [0.15, 0.2) is 22.7 Å². The molecule has 0 bridgehead atoms. The van der Waals surface area contributed by atoms with Crippen LogP contribution in [0.1, 0.15) is 37.0 Å². The van der Waals surface area contributed by atoms with Crippen molar-refractivity contribution in [1.82, 2.24) is 5.32 Å². The number of carboxylic acid groups (broad SMARTS) is 1. The Balaban J connectivity index is 2.63. The van der Waals surface area contributed by atoms with Gasteiger partial charge in [-0.05, 0) is 52.4 Å². The highest BCUT2D eigenvalue weighted by Crippen LogP contribution is 2.17. The van der Waals surface area contributed by atoms with Gasteiger partial charge in [0.25, 0.3) is 5.91 Å². The first-order chi connectivity index (χ1) is 9.79. The maximum atomic E-state index is 13.4. The van der Waals surface area contributed by atoms with E-state index in [-0.39, 0.29) is 24.4 Å². The molecule has 0 fully saturated rings. The maximum absolute atomic E-state index is 13.4. The van der Waals surface area contributed by atoms with Crippen molar-refractivity contribution in [2.24, 2.45) is 11.8 Å². The fraction of sp³-hybridized carbons (Fsp3) is 0.467. The summed E-state index contributed by atoms with van der Waals surface area (Å²) in [4.78, 5) is 22.8. The first-order valence-corrected chi connectivity index (χ1v) is 7.54. The van der Waals surface area contributed by atoms with Crippen LogP contribution in [-0.2, 0) is 4.79 Å². The van der Waals surface area contributed by atoms with Gasteiger partial charge in [0, 0.05) is 18.5 Å². The minimum Gasteiger partial charge on any atom is -0.481 e. The number of carbonyl (C=O) groups is 2. The fourth-order valence-electron chi connectivity index (χ4n) is 2.13. The highest BCUT2D eigenvalue weighted by Gasteiger charge is 2.17. The maximum Gasteiger partial charge on any atom is 0.303 e. The third kappa shape index (κ3) is 6.25. The minimum atomic E-state index is -0.885. The van der Waals surface area contributed by atoms with E-state index in [1.807, 2.05) is 13.8 Å². The van der Waals surface area contributed by atoms with Gasteiger partial charge in [-0.1, -0.05) is 13.8 Å². The number of hydrogen-bond acceptors (Lipinski definition) is 2. The number of halogens is 2. The van der Waals surface area contributed by atoms with Crippen molar-refractivity contribution in [2.75, 3.05) is 6.54 Å². The first-order valence-electron chi connectivity index (χ1n) is 6.74. The summed E-state index contributed by atoms with van der Waals surface area (Å²) in [6, 6.07) is 4.12. The van der Waals surface area contributed by atoms with Crippen LogP contribution in [0.4, 0.5) is 4.39 Å². The highest BCUT2D eigenvalue weighted by molar-refractivity contribution is 9.10. The quantitative estimate of drug-likeness (QED) is 0.783. The number of hydrogen-bond donors (Lipinski definition) is 2. The van der Waals surface area contributed by atoms with E-state index in [0.717, 1.165) is 6.07 Å². The molecule has 0 aliphatic rings. The SMILES string of the molecule is CC(C)CC(CNC(=O)c1ccc(Br)c(F)c1)CC(=O)O. The summed E-state index contributed by atoms with van der Waals surface area (Å²) in [5, 5.41) is 11.6. The van der Waals surface area contributed by atoms with Crippen LogP contribution in [0.3, 0.4) is 0 Å². The number of carbonyl (C=O) groups excluding carboxylic acids is 1. The Bertz CT molecular complexity index is 520. The van der Waals surface area contributed by atoms with E-state index in [0.29, 0.717) is 16.8 Å². The molecule has 6 heteroatoms. The molecule has 4 nitrogen and oxygen atoms in total. The minimum absolute atomic E-state index is 0.00710. The zero-order valence-electron chi connectivity index (χ0n) is 12.0. The fourth-order valence-corrected chi connectivity index (χ4v) is 2.38. The molecule has 1 atom stereocenters. The molecule has 0 spiro atoms. The Labute approximate surface area is 131 Å². The van der Waals surface area contributed by atoms with Crippen LogP contribution in [-0.4, -0.2) is 23.5 Å². The molecule has 1 amide bonds. The second-order valence-electron chi connectivity index (χ2n) is 5.43. The molecule has 2 N–H and O–H groups in total. The van der Waals surface area contributed by atoms with Crippen LogP contribution >= 0.6 is 15.9 Å². The van der Waals surface area contributed by atoms with Crippen LogP contribution in [0.2, 0.25) is 0 Å². The predicted octanol–water partition coefficient (Wildman–Crippen LogP) is 3.46. The van der Waals surface area contributed by atoms with Crippen molar-refractivity contribution in [3.8, 4) is 0 Å². The van der Waals surface area contributed by atoms with E-state index in [1.165, 1.54) is 12.1 Å². The number of amides is 1. The van der Waals surface area contributed by atoms with E-state index in [4.69, 9.17) is 5.11 Å². The molecule has 1 aromatic carbocycles. The molecule has 1 aromatic rings. The van der Waals surface area contributed by atoms with Crippen molar-refractivity contribution in [1.29, 1.82) is 0 Å². The lowest BCUT2D eigenvalue weighted by molar-refractivity contribution is -0.138. The van der Waals surface area contributed by atoms with Crippen LogP contribution in [0, 0.1) is 17.7 Å². The number of benzene rings is 1. The molecule has 1 rings (SSSR count). The molecule has 0 heterocycles. The van der Waals surface area contributed by atoms with Crippen LogP contribution in [0.5, 0.6) is 0 Å². The Hall–Kier alpha value is -1.43. The lowest BCUT2D eigenvalue weighted by Gasteiger charge is -2.17. The van der Waals surface area contributed by atoms with Crippen molar-refractivity contribution in [3.05, 3.63) is 34.1 Å². The van der Waals surface area contributed by atoms with Crippen molar-refractivity contribution < 1.29 is 19.1 Å². The zero-order chi connectivity index (χ0) is 16.0. The normalized spacial score (nSPS) is 12.2. The second-order valence-corrected chi connectivity index (χ2v) is 6.29. The number of aliphatic carboxylic acids is 1. The van der Waals surface area contributed by atoms with Gasteiger partial charge < -0.3 is 10.4 Å². The summed E-state index contributed by atoms with van der Waals surface area (Å²) in [6.07, 6.45) is 0.717. The molecule has 1 unspecified atom stereocenters. The van der Waals surface area contributed by atoms with Gasteiger partial charge in [-0.15, -0.1) is 0 Å². The van der Waals surface area contributed by atoms with E-state index >= 15 is 0 Å². The number of rotatable bonds is 7. The predicted molar refractivity (Wildman–Crippen MR) is 81.6 cm³/mol. The van der Waals surface area contributed by atoms with Gasteiger partial charge in [-0.25, -0.2) is 4.39 Å². The van der Waals surface area contributed by atoms with E-state index in [1.54, 1.807) is 0 Å². The molecule has 0 saturated heterocycles. The first kappa shape index (κ1) is 17.6. The molecule has 0 aromatic heterocycles. The smallest absolute Gasteiger partial charge is 0.303 e. The third-order valence-electron chi connectivity index (χ3n) is 3.00. The summed E-state index contributed by atoms with van der Waals surface area (Å²) in [5.74, 6) is -1.58. The van der Waals surface area contributed by atoms with Gasteiger partial charge >= 0.3 is 5.97 Å². The second kappa shape index (κ2) is 8.12. The van der Waals surface area contributed by atoms with Crippen molar-refractivity contribution in [2.45, 2.75) is 26.7 Å². The molecule has 0 radical (unpaired) electrons. The Morgan fingerprint density at radius 1 is 1.38 bits per heavy atom. The summed E-state index contributed by atoms with van der Waals surface area (Å²) >= 11 is 3.02. The molecule has 0 aliphatic carbocycles. The molecule has 116 valence electrons. The lowest BCUT2D eigenvalue weighted by atomic mass is 9.94. The third-order valence-corrected chi connectivity index (χ3v) is 3.64. The summed E-state index contributed by atoms with van der Waals surface area (Å²) in [6.45, 7) is 4.27. The van der Waals surface area contributed by atoms with Gasteiger partial charge in [0.2, 0.25) is 0 Å². The van der Waals surface area contributed by atoms with Crippen molar-refractivity contribution >= 4 is 27.8 Å². The molecular formula is C15H19BrFNO3. The summed E-state index contributed by atoms with van der Waals surface area (Å²) in [7, 11) is 0. The summed E-state index contributed by atoms with van der Waals surface area (Å²) < 4.78 is 13.7. The Morgan fingerprint density at radius 2 is 2.05 bits per heavy atom. The van der Waals surface area contributed by atoms with Gasteiger partial charge in [0.15, 0.2) is 0 Å². The van der Waals surface area contributed by atoms with Crippen LogP contribution in [0.25, 0.3) is 0 Å². The average molecular weight is 360 g/mol. The summed E-state index contributed by atoms with van der Waals surface area (Å²) in [5.41, 5.74) is 0.217. The molecule has 21 heavy (non-hydrogen) atoms. The number of nitrogens with one attached hydrogen (secondary N) is 1. The van der Waals surface area contributed by atoms with Crippen LogP contribution < -0.4 is 5.32 Å². The monoisotopic (exact) mass is 359 g/mol. The van der Waals surface area contributed by atoms with Crippen molar-refractivity contribution in [3.63, 3.8) is 0 Å². The van der Waals surface area contributed by atoms with E-state index in [2.05, 4.69) is 21.2 Å². The average Bonchev–Trinajstić information content (AvgIpc) is 2.37. The highest BCUT2D eigenvalue weighted by atomic mass is 79.9. The largest absolute Gasteiger partial charge is 0.481 e. The number of carboxylic acids is 1. The van der Waals surface area contributed by atoms with E-state index < -0.39 is 17.7 Å². The molecular weight excluding hydrogens is 341 g/mol. The Kier molecular flexibility index (Phi) is 6.81. The zero-order valence-corrected chi connectivity index (χ0v) is 13.6. The van der Waals surface area contributed by atoms with Gasteiger partial charge in [-0.3, -0.25) is 9.59 Å². The van der Waals surface area contributed by atoms with E-state index in [9.17, 15) is 14.0 Å². The molecule has 0 saturated carbocycles. The van der Waals surface area contributed by atoms with Gasteiger partial charge in [0.05, 0.1) is 4.47 Å². The standard InChI is InChI=1S/C15H19BrFNO3/c1-9(2)5-10(6-14(19)20)8-18-15(21)11-3-4-12(16)13(17)7-11/h3-4,7,9-10H,5-6,8H2,1-2H3,(H,18,21)(H,19,20). The van der Waals surface area contributed by atoms with Gasteiger partial charge in [0.1, 0.15) is 5.82 Å². The lowest BCUT2D eigenvalue weighted by Crippen LogP contribution is -2.31. The van der Waals surface area contributed by atoms with Gasteiger partial charge in [-0.2, -0.15) is 0 Å². The molecule has 0 aliphatic heterocycles.